The molecule has 0 radical (unpaired) electrons. The van der Waals surface area contributed by atoms with Gasteiger partial charge in [-0.05, 0) is 37.0 Å². The first kappa shape index (κ1) is 8.21. The smallest absolute Gasteiger partial charge is 0.253 e. The Morgan fingerprint density at radius 3 is 2.21 bits per heavy atom. The van der Waals surface area contributed by atoms with E-state index in [1.807, 2.05) is 0 Å². The fraction of sp³-hybridized carbons (Fsp3) is 0.636. The lowest BCUT2D eigenvalue weighted by Gasteiger charge is -2.21. The van der Waals surface area contributed by atoms with Crippen LogP contribution in [0.3, 0.4) is 0 Å². The third-order valence-electron chi connectivity index (χ3n) is 3.71. The summed E-state index contributed by atoms with van der Waals surface area (Å²) < 4.78 is 0. The van der Waals surface area contributed by atoms with Gasteiger partial charge in [-0.15, -0.1) is 0 Å². The van der Waals surface area contributed by atoms with E-state index in [-0.39, 0.29) is 11.8 Å². The number of imide groups is 1. The first-order valence-corrected chi connectivity index (χ1v) is 5.25. The molecule has 0 aromatic rings. The van der Waals surface area contributed by atoms with Gasteiger partial charge in [0.1, 0.15) is 0 Å². The van der Waals surface area contributed by atoms with Gasteiger partial charge in [0.05, 0.1) is 0 Å². The summed E-state index contributed by atoms with van der Waals surface area (Å²) in [4.78, 5) is 24.1. The van der Waals surface area contributed by atoms with Crippen molar-refractivity contribution >= 4 is 11.8 Å². The van der Waals surface area contributed by atoms with E-state index >= 15 is 0 Å². The van der Waals surface area contributed by atoms with Crippen LogP contribution in [0.5, 0.6) is 0 Å². The van der Waals surface area contributed by atoms with Crippen molar-refractivity contribution in [3.05, 3.63) is 12.2 Å². The van der Waals surface area contributed by atoms with Crippen LogP contribution < -0.4 is 0 Å². The summed E-state index contributed by atoms with van der Waals surface area (Å²) in [5.41, 5.74) is 0.331. The van der Waals surface area contributed by atoms with Crippen LogP contribution in [-0.2, 0) is 9.59 Å². The summed E-state index contributed by atoms with van der Waals surface area (Å²) >= 11 is 0. The Morgan fingerprint density at radius 1 is 1.21 bits per heavy atom. The largest absolute Gasteiger partial charge is 0.275 e. The minimum absolute atomic E-state index is 0.123. The quantitative estimate of drug-likeness (QED) is 0.626. The van der Waals surface area contributed by atoms with Crippen LogP contribution >= 0.6 is 0 Å². The van der Waals surface area contributed by atoms with Crippen LogP contribution in [0.4, 0.5) is 0 Å². The Bertz CT molecular complexity index is 319. The zero-order chi connectivity index (χ0) is 9.76. The fourth-order valence-electron chi connectivity index (χ4n) is 2.45. The molecule has 0 atom stereocenters. The average Bonchev–Trinajstić information content (AvgIpc) is 3.00. The molecule has 0 saturated heterocycles. The molecule has 0 N–H and O–H groups in total. The molecule has 1 heterocycles. The van der Waals surface area contributed by atoms with Gasteiger partial charge in [0, 0.05) is 18.7 Å². The van der Waals surface area contributed by atoms with Crippen molar-refractivity contribution in [2.24, 2.45) is 11.3 Å². The normalized spacial score (nSPS) is 28.7. The Kier molecular flexibility index (Phi) is 1.45. The predicted molar refractivity (Wildman–Crippen MR) is 50.3 cm³/mol. The number of rotatable bonds is 3. The first-order chi connectivity index (χ1) is 6.71. The molecule has 3 rings (SSSR count). The average molecular weight is 191 g/mol. The number of amides is 2. The van der Waals surface area contributed by atoms with Gasteiger partial charge >= 0.3 is 0 Å². The van der Waals surface area contributed by atoms with Crippen LogP contribution in [0.15, 0.2) is 12.2 Å². The lowest BCUT2D eigenvalue weighted by Crippen LogP contribution is -2.36. The molecule has 0 unspecified atom stereocenters. The van der Waals surface area contributed by atoms with Crippen molar-refractivity contribution in [1.82, 2.24) is 4.90 Å². The maximum atomic E-state index is 11.4. The maximum Gasteiger partial charge on any atom is 0.253 e. The fourth-order valence-corrected chi connectivity index (χ4v) is 2.45. The zero-order valence-electron chi connectivity index (χ0n) is 8.03. The van der Waals surface area contributed by atoms with Crippen LogP contribution in [0.2, 0.25) is 0 Å². The second-order valence-electron chi connectivity index (χ2n) is 4.73. The van der Waals surface area contributed by atoms with Gasteiger partial charge in [-0.1, -0.05) is 0 Å². The number of carbonyl (C=O) groups excluding carboxylic acids is 2. The Hall–Kier alpha value is -1.12. The molecule has 1 aliphatic heterocycles. The molecular weight excluding hydrogens is 178 g/mol. The molecule has 0 aromatic heterocycles. The molecule has 2 fully saturated rings. The first-order valence-electron chi connectivity index (χ1n) is 5.25. The van der Waals surface area contributed by atoms with E-state index in [4.69, 9.17) is 0 Å². The van der Waals surface area contributed by atoms with Gasteiger partial charge in [-0.25, -0.2) is 0 Å². The second kappa shape index (κ2) is 2.47. The summed E-state index contributed by atoms with van der Waals surface area (Å²) in [6, 6.07) is 0. The Morgan fingerprint density at radius 2 is 1.79 bits per heavy atom. The van der Waals surface area contributed by atoms with Gasteiger partial charge in [0.25, 0.3) is 11.8 Å². The monoisotopic (exact) mass is 191 g/mol. The second-order valence-corrected chi connectivity index (χ2v) is 4.73. The highest BCUT2D eigenvalue weighted by Crippen LogP contribution is 2.61. The highest BCUT2D eigenvalue weighted by molar-refractivity contribution is 6.12. The Labute approximate surface area is 82.8 Å². The Balaban J connectivity index is 1.72. The number of carbonyl (C=O) groups is 2. The van der Waals surface area contributed by atoms with E-state index in [1.54, 1.807) is 0 Å². The van der Waals surface area contributed by atoms with Crippen molar-refractivity contribution < 1.29 is 9.59 Å². The maximum absolute atomic E-state index is 11.4. The van der Waals surface area contributed by atoms with Crippen molar-refractivity contribution in [2.75, 3.05) is 6.54 Å². The van der Waals surface area contributed by atoms with E-state index in [0.29, 0.717) is 12.0 Å². The lowest BCUT2D eigenvalue weighted by molar-refractivity contribution is -0.137. The number of nitrogens with zero attached hydrogens (tertiary/aromatic N) is 1. The van der Waals surface area contributed by atoms with E-state index in [0.717, 1.165) is 5.92 Å². The number of hydrogen-bond donors (Lipinski definition) is 0. The van der Waals surface area contributed by atoms with Crippen LogP contribution in [0.1, 0.15) is 25.7 Å². The van der Waals surface area contributed by atoms with Crippen molar-refractivity contribution in [2.45, 2.75) is 25.7 Å². The summed E-state index contributed by atoms with van der Waals surface area (Å²) in [5, 5.41) is 0. The minimum Gasteiger partial charge on any atom is -0.275 e. The molecular formula is C11H13NO2. The molecule has 0 bridgehead atoms. The molecule has 2 amide bonds. The molecule has 2 saturated carbocycles. The molecule has 74 valence electrons. The van der Waals surface area contributed by atoms with Gasteiger partial charge in [-0.3, -0.25) is 14.5 Å². The van der Waals surface area contributed by atoms with E-state index in [1.165, 1.54) is 42.7 Å². The number of hydrogen-bond acceptors (Lipinski definition) is 2. The lowest BCUT2D eigenvalue weighted by atomic mass is 10.00. The van der Waals surface area contributed by atoms with Crippen molar-refractivity contribution in [1.29, 1.82) is 0 Å². The molecule has 14 heavy (non-hydrogen) atoms. The van der Waals surface area contributed by atoms with Gasteiger partial charge in [-0.2, -0.15) is 0 Å². The molecule has 0 aromatic carbocycles. The summed E-state index contributed by atoms with van der Waals surface area (Å²) in [5.74, 6) is 0.549. The highest BCUT2D eigenvalue weighted by Gasteiger charge is 2.55. The molecule has 3 heteroatoms. The minimum atomic E-state index is -0.123. The van der Waals surface area contributed by atoms with Crippen LogP contribution in [-0.4, -0.2) is 23.3 Å². The van der Waals surface area contributed by atoms with Gasteiger partial charge < -0.3 is 0 Å². The zero-order valence-corrected chi connectivity index (χ0v) is 8.03. The molecule has 3 aliphatic rings. The SMILES string of the molecule is O=C1C=CC(=O)N1CC1(C2CC2)CC1. The molecule has 3 nitrogen and oxygen atoms in total. The van der Waals surface area contributed by atoms with E-state index < -0.39 is 0 Å². The topological polar surface area (TPSA) is 37.4 Å². The molecule has 2 aliphatic carbocycles. The summed E-state index contributed by atoms with van der Waals surface area (Å²) in [6.45, 7) is 0.669. The third-order valence-corrected chi connectivity index (χ3v) is 3.71. The molecule has 0 spiro atoms. The van der Waals surface area contributed by atoms with E-state index in [9.17, 15) is 9.59 Å². The highest BCUT2D eigenvalue weighted by atomic mass is 16.2. The van der Waals surface area contributed by atoms with Crippen LogP contribution in [0.25, 0.3) is 0 Å². The van der Waals surface area contributed by atoms with E-state index in [2.05, 4.69) is 0 Å². The van der Waals surface area contributed by atoms with Crippen molar-refractivity contribution in [3.63, 3.8) is 0 Å². The predicted octanol–water partition coefficient (Wildman–Crippen LogP) is 1.10. The summed E-state index contributed by atoms with van der Waals surface area (Å²) in [7, 11) is 0. The van der Waals surface area contributed by atoms with Crippen LogP contribution in [0, 0.1) is 11.3 Å². The summed E-state index contributed by atoms with van der Waals surface area (Å²) in [6.07, 6.45) is 7.76. The third kappa shape index (κ3) is 1.11. The van der Waals surface area contributed by atoms with Gasteiger partial charge in [0.2, 0.25) is 0 Å². The standard InChI is InChI=1S/C11H13NO2/c13-9-3-4-10(14)12(9)7-11(5-6-11)8-1-2-8/h3-4,8H,1-2,5-7H2. The van der Waals surface area contributed by atoms with Gasteiger partial charge in [0.15, 0.2) is 0 Å². The van der Waals surface area contributed by atoms with Crippen molar-refractivity contribution in [3.8, 4) is 0 Å².